The fourth-order valence-corrected chi connectivity index (χ4v) is 4.88. The summed E-state index contributed by atoms with van der Waals surface area (Å²) in [5, 5.41) is 9.35. The van der Waals surface area contributed by atoms with Gasteiger partial charge in [0.1, 0.15) is 5.52 Å². The van der Waals surface area contributed by atoms with Crippen LogP contribution in [0.4, 0.5) is 0 Å². The number of aryl methyl sites for hydroxylation is 1. The highest BCUT2D eigenvalue weighted by Gasteiger charge is 2.27. The van der Waals surface area contributed by atoms with Crippen molar-refractivity contribution in [3.63, 3.8) is 0 Å². The summed E-state index contributed by atoms with van der Waals surface area (Å²) in [7, 11) is 0. The van der Waals surface area contributed by atoms with Crippen molar-refractivity contribution in [2.24, 2.45) is 5.92 Å². The zero-order valence-electron chi connectivity index (χ0n) is 20.2. The highest BCUT2D eigenvalue weighted by Crippen LogP contribution is 2.32. The fourth-order valence-electron chi connectivity index (χ4n) is 4.88. The van der Waals surface area contributed by atoms with Crippen molar-refractivity contribution in [3.8, 4) is 17.5 Å². The molecule has 3 aromatic carbocycles. The number of rotatable bonds is 6. The van der Waals surface area contributed by atoms with Crippen LogP contribution in [0.1, 0.15) is 59.7 Å². The van der Waals surface area contributed by atoms with Gasteiger partial charge in [0.2, 0.25) is 5.89 Å². The number of carbonyl (C=O) groups is 1. The maximum absolute atomic E-state index is 13.1. The molecule has 2 heterocycles. The number of benzene rings is 3. The van der Waals surface area contributed by atoms with E-state index in [-0.39, 0.29) is 11.8 Å². The van der Waals surface area contributed by atoms with Crippen molar-refractivity contribution in [1.82, 2.24) is 9.88 Å². The molecule has 1 unspecified atom stereocenters. The summed E-state index contributed by atoms with van der Waals surface area (Å²) in [6.45, 7) is 5.77. The zero-order valence-corrected chi connectivity index (χ0v) is 20.2. The first-order chi connectivity index (χ1) is 17.0. The largest absolute Gasteiger partial charge is 0.436 e. The molecule has 1 aliphatic heterocycles. The van der Waals surface area contributed by atoms with Crippen LogP contribution < -0.4 is 0 Å². The summed E-state index contributed by atoms with van der Waals surface area (Å²) >= 11 is 0. The molecular formula is C30H29N3O2. The van der Waals surface area contributed by atoms with E-state index in [0.717, 1.165) is 43.5 Å². The Bertz CT molecular complexity index is 1380. The summed E-state index contributed by atoms with van der Waals surface area (Å²) in [5.74, 6) is 1.34. The lowest BCUT2D eigenvalue weighted by molar-refractivity contribution is 0.0786. The summed E-state index contributed by atoms with van der Waals surface area (Å²) in [6.07, 6.45) is 3.22. The van der Waals surface area contributed by atoms with Crippen LogP contribution in [0.5, 0.6) is 0 Å². The van der Waals surface area contributed by atoms with Gasteiger partial charge in [0.05, 0.1) is 11.6 Å². The van der Waals surface area contributed by atoms with Crippen LogP contribution in [0.3, 0.4) is 0 Å². The first-order valence-corrected chi connectivity index (χ1v) is 12.3. The molecule has 176 valence electrons. The molecule has 5 nitrogen and oxygen atoms in total. The van der Waals surface area contributed by atoms with Gasteiger partial charge in [-0.3, -0.25) is 4.79 Å². The van der Waals surface area contributed by atoms with Crippen molar-refractivity contribution in [1.29, 1.82) is 5.26 Å². The van der Waals surface area contributed by atoms with Gasteiger partial charge in [0, 0.05) is 29.8 Å². The van der Waals surface area contributed by atoms with Gasteiger partial charge in [-0.05, 0) is 73.1 Å². The number of nitrogens with zero attached hydrogens (tertiary/aromatic N) is 3. The number of oxazole rings is 1. The first kappa shape index (κ1) is 22.9. The second-order valence-corrected chi connectivity index (χ2v) is 9.71. The quantitative estimate of drug-likeness (QED) is 0.324. The minimum Gasteiger partial charge on any atom is -0.436 e. The van der Waals surface area contributed by atoms with E-state index in [1.165, 1.54) is 5.56 Å². The molecule has 1 aliphatic rings. The van der Waals surface area contributed by atoms with Crippen LogP contribution in [0, 0.1) is 17.2 Å². The van der Waals surface area contributed by atoms with Crippen molar-refractivity contribution in [2.45, 2.75) is 39.0 Å². The average Bonchev–Trinajstić information content (AvgIpc) is 3.54. The maximum atomic E-state index is 13.1. The predicted octanol–water partition coefficient (Wildman–Crippen LogP) is 6.58. The van der Waals surface area contributed by atoms with Crippen LogP contribution in [0.15, 0.2) is 71.1 Å². The van der Waals surface area contributed by atoms with E-state index in [1.54, 1.807) is 6.07 Å². The number of hydrogen-bond acceptors (Lipinski definition) is 4. The molecule has 4 aromatic rings. The number of fused-ring (bicyclic) bond motifs is 1. The molecule has 1 saturated heterocycles. The third-order valence-electron chi connectivity index (χ3n) is 6.91. The standard InChI is InChI=1S/C30H29N3O2/c1-20(2)26-16-23(18-31)17-27-28(26)35-29(32-27)24-10-12-25(13-11-24)30(34)33-15-14-22(19-33)9-8-21-6-4-3-5-7-21/h3-7,10-13,16-17,20,22H,8-9,14-15,19H2,1-2H3. The predicted molar refractivity (Wildman–Crippen MR) is 137 cm³/mol. The van der Waals surface area contributed by atoms with E-state index < -0.39 is 0 Å². The number of amides is 1. The van der Waals surface area contributed by atoms with Crippen molar-refractivity contribution < 1.29 is 9.21 Å². The molecule has 5 heteroatoms. The number of carbonyl (C=O) groups excluding carboxylic acids is 1. The third kappa shape index (κ3) is 4.83. The maximum Gasteiger partial charge on any atom is 0.253 e. The Hall–Kier alpha value is -3.91. The topological polar surface area (TPSA) is 70.1 Å². The Labute approximate surface area is 206 Å². The van der Waals surface area contributed by atoms with E-state index in [4.69, 9.17) is 4.42 Å². The number of aromatic nitrogens is 1. The van der Waals surface area contributed by atoms with Gasteiger partial charge in [-0.15, -0.1) is 0 Å². The fraction of sp³-hybridized carbons (Fsp3) is 0.300. The summed E-state index contributed by atoms with van der Waals surface area (Å²) in [4.78, 5) is 19.7. The molecule has 5 rings (SSSR count). The van der Waals surface area contributed by atoms with Gasteiger partial charge in [-0.1, -0.05) is 44.2 Å². The molecule has 0 spiro atoms. The first-order valence-electron chi connectivity index (χ1n) is 12.3. The highest BCUT2D eigenvalue weighted by molar-refractivity contribution is 5.95. The molecule has 1 fully saturated rings. The van der Waals surface area contributed by atoms with E-state index in [2.05, 4.69) is 49.2 Å². The van der Waals surface area contributed by atoms with Crippen LogP contribution in [0.25, 0.3) is 22.6 Å². The molecule has 0 bridgehead atoms. The van der Waals surface area contributed by atoms with E-state index in [9.17, 15) is 10.1 Å². The Kier molecular flexibility index (Phi) is 6.37. The van der Waals surface area contributed by atoms with Crippen molar-refractivity contribution >= 4 is 17.0 Å². The molecule has 0 saturated carbocycles. The number of hydrogen-bond donors (Lipinski definition) is 0. The van der Waals surface area contributed by atoms with Gasteiger partial charge in [0.25, 0.3) is 5.91 Å². The summed E-state index contributed by atoms with van der Waals surface area (Å²) in [6, 6.07) is 23.9. The van der Waals surface area contributed by atoms with Crippen LogP contribution in [-0.4, -0.2) is 28.9 Å². The molecule has 1 amide bonds. The van der Waals surface area contributed by atoms with Crippen molar-refractivity contribution in [2.75, 3.05) is 13.1 Å². The average molecular weight is 464 g/mol. The minimum atomic E-state index is 0.0806. The van der Waals surface area contributed by atoms with Crippen LogP contribution in [-0.2, 0) is 6.42 Å². The lowest BCUT2D eigenvalue weighted by Gasteiger charge is -2.17. The monoisotopic (exact) mass is 463 g/mol. The van der Waals surface area contributed by atoms with Gasteiger partial charge in [-0.25, -0.2) is 4.98 Å². The van der Waals surface area contributed by atoms with E-state index >= 15 is 0 Å². The molecular weight excluding hydrogens is 434 g/mol. The Balaban J connectivity index is 1.27. The number of likely N-dealkylation sites (tertiary alicyclic amines) is 1. The van der Waals surface area contributed by atoms with Gasteiger partial charge < -0.3 is 9.32 Å². The Morgan fingerprint density at radius 2 is 1.91 bits per heavy atom. The zero-order chi connectivity index (χ0) is 24.4. The van der Waals surface area contributed by atoms with Crippen LogP contribution >= 0.6 is 0 Å². The Morgan fingerprint density at radius 1 is 1.14 bits per heavy atom. The normalized spacial score (nSPS) is 15.6. The minimum absolute atomic E-state index is 0.0806. The molecule has 0 radical (unpaired) electrons. The lowest BCUT2D eigenvalue weighted by atomic mass is 9.99. The van der Waals surface area contributed by atoms with E-state index in [1.807, 2.05) is 41.3 Å². The Morgan fingerprint density at radius 3 is 2.63 bits per heavy atom. The molecule has 0 N–H and O–H groups in total. The highest BCUT2D eigenvalue weighted by atomic mass is 16.3. The van der Waals surface area contributed by atoms with Crippen molar-refractivity contribution in [3.05, 3.63) is 89.0 Å². The van der Waals surface area contributed by atoms with Gasteiger partial charge in [0.15, 0.2) is 5.58 Å². The van der Waals surface area contributed by atoms with Crippen LogP contribution in [0.2, 0.25) is 0 Å². The summed E-state index contributed by atoms with van der Waals surface area (Å²) < 4.78 is 6.11. The molecule has 35 heavy (non-hydrogen) atoms. The second-order valence-electron chi connectivity index (χ2n) is 9.71. The second kappa shape index (κ2) is 9.76. The lowest BCUT2D eigenvalue weighted by Crippen LogP contribution is -2.28. The third-order valence-corrected chi connectivity index (χ3v) is 6.91. The molecule has 1 atom stereocenters. The summed E-state index contributed by atoms with van der Waals surface area (Å²) in [5.41, 5.74) is 5.80. The molecule has 1 aromatic heterocycles. The molecule has 0 aliphatic carbocycles. The SMILES string of the molecule is CC(C)c1cc(C#N)cc2nc(-c3ccc(C(=O)N4CCC(CCc5ccccc5)C4)cc3)oc12. The van der Waals surface area contributed by atoms with Gasteiger partial charge >= 0.3 is 0 Å². The van der Waals surface area contributed by atoms with Gasteiger partial charge in [-0.2, -0.15) is 5.26 Å². The number of nitriles is 1. The van der Waals surface area contributed by atoms with E-state index in [0.29, 0.717) is 34.0 Å². The smallest absolute Gasteiger partial charge is 0.253 e.